The molecule has 0 aliphatic carbocycles. The van der Waals surface area contributed by atoms with Gasteiger partial charge in [0.1, 0.15) is 9.84 Å². The summed E-state index contributed by atoms with van der Waals surface area (Å²) in [6.45, 7) is 1.43. The van der Waals surface area contributed by atoms with E-state index >= 15 is 0 Å². The zero-order valence-electron chi connectivity index (χ0n) is 10.7. The smallest absolute Gasteiger partial charge is 0.226 e. The zero-order chi connectivity index (χ0) is 13.3. The molecule has 0 amide bonds. The minimum absolute atomic E-state index is 0.254. The second-order valence-electron chi connectivity index (χ2n) is 5.41. The maximum Gasteiger partial charge on any atom is 0.226 e. The summed E-state index contributed by atoms with van der Waals surface area (Å²) in [5.41, 5.74) is 0. The quantitative estimate of drug-likeness (QED) is 0.822. The molecule has 7 heteroatoms. The van der Waals surface area contributed by atoms with E-state index in [1.54, 1.807) is 0 Å². The Labute approximate surface area is 112 Å². The van der Waals surface area contributed by atoms with Crippen LogP contribution in [-0.4, -0.2) is 43.3 Å². The first-order valence-corrected chi connectivity index (χ1v) is 8.55. The van der Waals surface area contributed by atoms with Crippen LogP contribution in [0.1, 0.15) is 36.9 Å². The lowest BCUT2D eigenvalue weighted by Gasteiger charge is -2.19. The molecule has 3 rings (SSSR count). The summed E-state index contributed by atoms with van der Waals surface area (Å²) in [5.74, 6) is 2.53. The van der Waals surface area contributed by atoms with Gasteiger partial charge in [-0.25, -0.2) is 8.42 Å². The van der Waals surface area contributed by atoms with Crippen molar-refractivity contribution in [3.8, 4) is 0 Å². The lowest BCUT2D eigenvalue weighted by Crippen LogP contribution is -2.24. The molecule has 0 bridgehead atoms. The van der Waals surface area contributed by atoms with Crippen LogP contribution >= 0.6 is 0 Å². The Kier molecular flexibility index (Phi) is 3.58. The van der Waals surface area contributed by atoms with Crippen molar-refractivity contribution in [2.45, 2.75) is 31.6 Å². The summed E-state index contributed by atoms with van der Waals surface area (Å²) in [6.07, 6.45) is 3.04. The van der Waals surface area contributed by atoms with Crippen molar-refractivity contribution in [3.63, 3.8) is 0 Å². The van der Waals surface area contributed by atoms with Gasteiger partial charge in [0.2, 0.25) is 5.89 Å². The highest BCUT2D eigenvalue weighted by Gasteiger charge is 2.27. The van der Waals surface area contributed by atoms with Gasteiger partial charge in [0, 0.05) is 18.9 Å². The Morgan fingerprint density at radius 2 is 2.00 bits per heavy atom. The number of sulfone groups is 1. The second kappa shape index (κ2) is 5.20. The molecule has 1 unspecified atom stereocenters. The van der Waals surface area contributed by atoms with E-state index in [1.807, 2.05) is 0 Å². The van der Waals surface area contributed by atoms with E-state index < -0.39 is 9.84 Å². The molecule has 0 aromatic carbocycles. The molecule has 2 aliphatic rings. The van der Waals surface area contributed by atoms with Gasteiger partial charge >= 0.3 is 0 Å². The van der Waals surface area contributed by atoms with Crippen LogP contribution in [0.5, 0.6) is 0 Å². The minimum Gasteiger partial charge on any atom is -0.381 e. The van der Waals surface area contributed by atoms with Gasteiger partial charge in [-0.05, 0) is 25.2 Å². The highest BCUT2D eigenvalue weighted by molar-refractivity contribution is 7.91. The van der Waals surface area contributed by atoms with E-state index in [0.717, 1.165) is 18.9 Å². The van der Waals surface area contributed by atoms with Gasteiger partial charge < -0.3 is 9.26 Å². The lowest BCUT2D eigenvalue weighted by molar-refractivity contribution is 0.192. The molecule has 6 nitrogen and oxygen atoms in total. The highest BCUT2D eigenvalue weighted by Crippen LogP contribution is 2.25. The first kappa shape index (κ1) is 13.1. The van der Waals surface area contributed by atoms with Gasteiger partial charge in [0.15, 0.2) is 5.82 Å². The summed E-state index contributed by atoms with van der Waals surface area (Å²) in [6, 6.07) is 0. The van der Waals surface area contributed by atoms with Gasteiger partial charge in [0.05, 0.1) is 18.1 Å². The number of aromatic nitrogens is 2. The summed E-state index contributed by atoms with van der Waals surface area (Å²) < 4.78 is 33.3. The Morgan fingerprint density at radius 3 is 2.68 bits per heavy atom. The Bertz CT molecular complexity index is 520. The summed E-state index contributed by atoms with van der Waals surface area (Å²) in [4.78, 5) is 4.42. The lowest BCUT2D eigenvalue weighted by atomic mass is 9.99. The highest BCUT2D eigenvalue weighted by atomic mass is 32.2. The average Bonchev–Trinajstić information content (AvgIpc) is 3.02. The number of hydrogen-bond acceptors (Lipinski definition) is 6. The van der Waals surface area contributed by atoms with Crippen LogP contribution < -0.4 is 0 Å². The maximum atomic E-state index is 11.4. The summed E-state index contributed by atoms with van der Waals surface area (Å²) in [5, 5.41) is 4.01. The molecular formula is C12H18N2O4S. The van der Waals surface area contributed by atoms with Crippen LogP contribution in [0.25, 0.3) is 0 Å². The number of rotatable bonds is 3. The van der Waals surface area contributed by atoms with E-state index in [1.165, 1.54) is 0 Å². The van der Waals surface area contributed by atoms with Crippen LogP contribution in [0.2, 0.25) is 0 Å². The van der Waals surface area contributed by atoms with E-state index in [2.05, 4.69) is 10.1 Å². The fourth-order valence-electron chi connectivity index (χ4n) is 2.64. The minimum atomic E-state index is -2.80. The van der Waals surface area contributed by atoms with Crippen LogP contribution in [0.3, 0.4) is 0 Å². The maximum absolute atomic E-state index is 11.4. The first-order chi connectivity index (χ1) is 9.12. The van der Waals surface area contributed by atoms with Gasteiger partial charge in [0.25, 0.3) is 0 Å². The predicted octanol–water partition coefficient (Wildman–Crippen LogP) is 0.941. The second-order valence-corrected chi connectivity index (χ2v) is 7.71. The molecule has 0 radical (unpaired) electrons. The normalized spacial score (nSPS) is 27.7. The summed E-state index contributed by atoms with van der Waals surface area (Å²) >= 11 is 0. The van der Waals surface area contributed by atoms with Crippen LogP contribution in [0.15, 0.2) is 4.52 Å². The third-order valence-corrected chi connectivity index (χ3v) is 5.63. The van der Waals surface area contributed by atoms with Crippen molar-refractivity contribution in [1.29, 1.82) is 0 Å². The number of hydrogen-bond donors (Lipinski definition) is 0. The van der Waals surface area contributed by atoms with E-state index in [9.17, 15) is 8.42 Å². The molecule has 0 saturated carbocycles. The average molecular weight is 286 g/mol. The molecule has 2 fully saturated rings. The zero-order valence-corrected chi connectivity index (χ0v) is 11.6. The Hall–Kier alpha value is -0.950. The van der Waals surface area contributed by atoms with Crippen molar-refractivity contribution in [1.82, 2.24) is 10.1 Å². The molecule has 2 aliphatic heterocycles. The largest absolute Gasteiger partial charge is 0.381 e. The Morgan fingerprint density at radius 1 is 1.21 bits per heavy atom. The fraction of sp³-hybridized carbons (Fsp3) is 0.833. The Balaban J connectivity index is 1.58. The van der Waals surface area contributed by atoms with Crippen LogP contribution in [0.4, 0.5) is 0 Å². The molecule has 1 aromatic heterocycles. The van der Waals surface area contributed by atoms with Gasteiger partial charge in [-0.2, -0.15) is 4.98 Å². The van der Waals surface area contributed by atoms with Crippen LogP contribution in [0, 0.1) is 5.92 Å². The van der Waals surface area contributed by atoms with E-state index in [-0.39, 0.29) is 17.4 Å². The molecular weight excluding hydrogens is 268 g/mol. The molecule has 1 atom stereocenters. The van der Waals surface area contributed by atoms with Gasteiger partial charge in [-0.3, -0.25) is 0 Å². The number of ether oxygens (including phenoxy) is 1. The van der Waals surface area contributed by atoms with E-state index in [0.29, 0.717) is 37.7 Å². The monoisotopic (exact) mass is 286 g/mol. The van der Waals surface area contributed by atoms with Crippen LogP contribution in [-0.2, 0) is 21.0 Å². The standard InChI is InChI=1S/C12H18N2O4S/c15-19(16)5-2-9(3-6-19)7-11-13-12(14-18-11)10-1-4-17-8-10/h9-10H,1-8H2. The molecule has 106 valence electrons. The summed E-state index contributed by atoms with van der Waals surface area (Å²) in [7, 11) is -2.80. The van der Waals surface area contributed by atoms with Crippen molar-refractivity contribution in [2.24, 2.45) is 5.92 Å². The fourth-order valence-corrected chi connectivity index (χ4v) is 4.23. The van der Waals surface area contributed by atoms with E-state index in [4.69, 9.17) is 9.26 Å². The molecule has 0 N–H and O–H groups in total. The third-order valence-electron chi connectivity index (χ3n) is 3.92. The van der Waals surface area contributed by atoms with Crippen molar-refractivity contribution in [3.05, 3.63) is 11.7 Å². The van der Waals surface area contributed by atoms with Crippen molar-refractivity contribution in [2.75, 3.05) is 24.7 Å². The topological polar surface area (TPSA) is 82.3 Å². The third kappa shape index (κ3) is 3.14. The molecule has 2 saturated heterocycles. The molecule has 3 heterocycles. The SMILES string of the molecule is O=S1(=O)CCC(Cc2nc(C3CCOC3)no2)CC1. The van der Waals surface area contributed by atoms with Crippen molar-refractivity contribution >= 4 is 9.84 Å². The molecule has 1 aromatic rings. The van der Waals surface area contributed by atoms with Gasteiger partial charge in [-0.15, -0.1) is 0 Å². The molecule has 19 heavy (non-hydrogen) atoms. The number of nitrogens with zero attached hydrogens (tertiary/aromatic N) is 2. The predicted molar refractivity (Wildman–Crippen MR) is 67.6 cm³/mol. The van der Waals surface area contributed by atoms with Gasteiger partial charge in [-0.1, -0.05) is 5.16 Å². The molecule has 0 spiro atoms. The van der Waals surface area contributed by atoms with Crippen molar-refractivity contribution < 1.29 is 17.7 Å². The first-order valence-electron chi connectivity index (χ1n) is 6.73.